The highest BCUT2D eigenvalue weighted by molar-refractivity contribution is 7.46. The Balaban J connectivity index is 4.58. The van der Waals surface area contributed by atoms with Crippen molar-refractivity contribution in [2.24, 2.45) is 0 Å². The van der Waals surface area contributed by atoms with Crippen LogP contribution in [0.25, 0.3) is 0 Å². The van der Waals surface area contributed by atoms with Crippen molar-refractivity contribution < 1.29 is 47.3 Å². The molecule has 0 aliphatic carbocycles. The molecule has 19 heavy (non-hydrogen) atoms. The largest absolute Gasteiger partial charge is 0.469 e. The number of carbonyl (C=O) groups is 1. The molecule has 0 spiro atoms. The highest BCUT2D eigenvalue weighted by Crippen LogP contribution is 2.41. The van der Waals surface area contributed by atoms with Crippen molar-refractivity contribution in [1.29, 1.82) is 0 Å². The molecule has 1 unspecified atom stereocenters. The first-order chi connectivity index (χ1) is 8.39. The van der Waals surface area contributed by atoms with Crippen LogP contribution in [0.5, 0.6) is 0 Å². The summed E-state index contributed by atoms with van der Waals surface area (Å²) in [5.41, 5.74) is 0. The fraction of sp³-hybridized carbons (Fsp3) is 0.571. The van der Waals surface area contributed by atoms with E-state index in [1.54, 1.807) is 0 Å². The van der Waals surface area contributed by atoms with Crippen LogP contribution in [0.2, 0.25) is 0 Å². The van der Waals surface area contributed by atoms with Crippen LogP contribution in [0, 0.1) is 0 Å². The quantitative estimate of drug-likeness (QED) is 0.273. The summed E-state index contributed by atoms with van der Waals surface area (Å²) in [5.74, 6) is -0.906. The molecule has 112 valence electrons. The van der Waals surface area contributed by atoms with E-state index in [-0.39, 0.29) is 5.76 Å². The second-order valence-electron chi connectivity index (χ2n) is 3.38. The third-order valence-electron chi connectivity index (χ3n) is 1.40. The normalized spacial score (nSPS) is 13.9. The molecule has 0 fully saturated rings. The van der Waals surface area contributed by atoms with E-state index in [9.17, 15) is 13.9 Å². The summed E-state index contributed by atoms with van der Waals surface area (Å²) in [6.45, 7) is 3.73. The van der Waals surface area contributed by atoms with E-state index in [0.29, 0.717) is 0 Å². The van der Waals surface area contributed by atoms with Gasteiger partial charge in [-0.1, -0.05) is 6.58 Å². The number of allylic oxidation sites excluding steroid dienone is 1. The average molecular weight is 320 g/mol. The highest BCUT2D eigenvalue weighted by Gasteiger charge is 2.28. The van der Waals surface area contributed by atoms with Gasteiger partial charge in [0.2, 0.25) is 0 Å². The lowest BCUT2D eigenvalue weighted by molar-refractivity contribution is -0.141. The Kier molecular flexibility index (Phi) is 7.06. The minimum atomic E-state index is -4.96. The smallest absolute Gasteiger partial charge is 0.432 e. The fourth-order valence-corrected chi connectivity index (χ4v) is 1.81. The van der Waals surface area contributed by atoms with Crippen molar-refractivity contribution in [2.45, 2.75) is 19.4 Å². The van der Waals surface area contributed by atoms with Crippen molar-refractivity contribution in [1.82, 2.24) is 0 Å². The van der Waals surface area contributed by atoms with Gasteiger partial charge >= 0.3 is 21.6 Å². The van der Waals surface area contributed by atoms with E-state index < -0.39 is 40.7 Å². The maximum Gasteiger partial charge on any atom is 0.469 e. The molecular weight excluding hydrogens is 306 g/mol. The summed E-state index contributed by atoms with van der Waals surface area (Å²) in [6.07, 6.45) is -2.27. The van der Waals surface area contributed by atoms with E-state index in [0.717, 1.165) is 0 Å². The summed E-state index contributed by atoms with van der Waals surface area (Å²) in [7, 11) is -9.82. The third kappa shape index (κ3) is 12.2. The maximum atomic E-state index is 11.2. The lowest BCUT2D eigenvalue weighted by Crippen LogP contribution is -2.23. The van der Waals surface area contributed by atoms with Crippen molar-refractivity contribution in [3.05, 3.63) is 12.3 Å². The van der Waals surface area contributed by atoms with Crippen LogP contribution in [0.15, 0.2) is 12.3 Å². The van der Waals surface area contributed by atoms with Gasteiger partial charge in [0, 0.05) is 0 Å². The van der Waals surface area contributed by atoms with Gasteiger partial charge in [0.15, 0.2) is 0 Å². The molecule has 0 aliphatic rings. The molecule has 1 atom stereocenters. The standard InChI is InChI=1S/C7H14O10P2/c1-5(2)16-7(8)3-6(17-19(12,13)14)4-15-18(9,10)11/h6H,1,3-4H2,2H3,(H2,9,10,11)(H2,12,13,14). The zero-order valence-corrected chi connectivity index (χ0v) is 11.6. The summed E-state index contributed by atoms with van der Waals surface area (Å²) in [4.78, 5) is 45.3. The van der Waals surface area contributed by atoms with Gasteiger partial charge < -0.3 is 24.3 Å². The van der Waals surface area contributed by atoms with Crippen LogP contribution in [-0.4, -0.2) is 38.3 Å². The number of hydrogen-bond donors (Lipinski definition) is 4. The summed E-state index contributed by atoms with van der Waals surface area (Å²) in [5, 5.41) is 0. The van der Waals surface area contributed by atoms with Gasteiger partial charge in [-0.25, -0.2) is 9.13 Å². The number of carbonyl (C=O) groups excluding carboxylic acids is 1. The van der Waals surface area contributed by atoms with Crippen molar-refractivity contribution in [3.8, 4) is 0 Å². The van der Waals surface area contributed by atoms with Gasteiger partial charge in [-0.2, -0.15) is 0 Å². The number of hydrogen-bond acceptors (Lipinski definition) is 6. The molecule has 0 rings (SSSR count). The van der Waals surface area contributed by atoms with E-state index in [4.69, 9.17) is 19.6 Å². The molecule has 0 bridgehead atoms. The summed E-state index contributed by atoms with van der Waals surface area (Å²) < 4.78 is 33.8. The van der Waals surface area contributed by atoms with Crippen LogP contribution in [0.1, 0.15) is 13.3 Å². The molecule has 0 aromatic heterocycles. The molecule has 0 aliphatic heterocycles. The molecule has 0 aromatic rings. The second kappa shape index (κ2) is 7.28. The molecule has 12 heteroatoms. The van der Waals surface area contributed by atoms with Crippen LogP contribution >= 0.6 is 15.6 Å². The molecule has 0 heterocycles. The van der Waals surface area contributed by atoms with Crippen LogP contribution in [0.3, 0.4) is 0 Å². The molecule has 10 nitrogen and oxygen atoms in total. The van der Waals surface area contributed by atoms with Gasteiger partial charge in [0.1, 0.15) is 6.10 Å². The van der Waals surface area contributed by atoms with Gasteiger partial charge in [-0.3, -0.25) is 13.8 Å². The van der Waals surface area contributed by atoms with Gasteiger partial charge in [0.05, 0.1) is 18.8 Å². The van der Waals surface area contributed by atoms with Crippen molar-refractivity contribution in [3.63, 3.8) is 0 Å². The van der Waals surface area contributed by atoms with Gasteiger partial charge in [0.25, 0.3) is 0 Å². The van der Waals surface area contributed by atoms with Crippen LogP contribution < -0.4 is 0 Å². The van der Waals surface area contributed by atoms with Gasteiger partial charge in [-0.15, -0.1) is 0 Å². The molecule has 0 radical (unpaired) electrons. The Bertz CT molecular complexity index is 420. The number of phosphoric acid groups is 2. The Morgan fingerprint density at radius 1 is 1.21 bits per heavy atom. The Labute approximate surface area is 108 Å². The molecule has 0 amide bonds. The molecule has 0 saturated heterocycles. The van der Waals surface area contributed by atoms with E-state index in [1.165, 1.54) is 6.92 Å². The van der Waals surface area contributed by atoms with Crippen molar-refractivity contribution >= 4 is 21.6 Å². The Morgan fingerprint density at radius 3 is 2.11 bits per heavy atom. The predicted molar refractivity (Wildman–Crippen MR) is 60.4 cm³/mol. The average Bonchev–Trinajstić information content (AvgIpc) is 2.08. The van der Waals surface area contributed by atoms with E-state index in [1.807, 2.05) is 0 Å². The lowest BCUT2D eigenvalue weighted by Gasteiger charge is -2.17. The van der Waals surface area contributed by atoms with E-state index >= 15 is 0 Å². The summed E-state index contributed by atoms with van der Waals surface area (Å²) in [6, 6.07) is 0. The van der Waals surface area contributed by atoms with Crippen LogP contribution in [-0.2, 0) is 27.7 Å². The first kappa shape index (κ1) is 18.4. The SMILES string of the molecule is C=C(C)OC(=O)CC(COP(=O)(O)O)OP(=O)(O)O. The predicted octanol–water partition coefficient (Wildman–Crippen LogP) is 0.0405. The van der Waals surface area contributed by atoms with Crippen molar-refractivity contribution in [2.75, 3.05) is 6.61 Å². The van der Waals surface area contributed by atoms with Gasteiger partial charge in [-0.05, 0) is 6.92 Å². The zero-order chi connectivity index (χ0) is 15.3. The highest BCUT2D eigenvalue weighted by atomic mass is 31.2. The number of ether oxygens (including phenoxy) is 1. The molecule has 4 N–H and O–H groups in total. The molecule has 0 saturated carbocycles. The first-order valence-corrected chi connectivity index (χ1v) is 7.75. The number of phosphoric ester groups is 2. The zero-order valence-electron chi connectivity index (χ0n) is 9.83. The molecular formula is C7H14O10P2. The van der Waals surface area contributed by atoms with E-state index in [2.05, 4.69) is 20.4 Å². The van der Waals surface area contributed by atoms with Crippen LogP contribution in [0.4, 0.5) is 0 Å². The Hall–Kier alpha value is -0.570. The topological polar surface area (TPSA) is 160 Å². The minimum Gasteiger partial charge on any atom is -0.432 e. The number of esters is 1. The maximum absolute atomic E-state index is 11.2. The first-order valence-electron chi connectivity index (χ1n) is 4.69. The summed E-state index contributed by atoms with van der Waals surface area (Å²) >= 11 is 0. The lowest BCUT2D eigenvalue weighted by atomic mass is 10.3. The monoisotopic (exact) mass is 320 g/mol. The number of rotatable bonds is 8. The third-order valence-corrected chi connectivity index (χ3v) is 2.46. The minimum absolute atomic E-state index is 0.0378. The second-order valence-corrected chi connectivity index (χ2v) is 5.82. The fourth-order valence-electron chi connectivity index (χ4n) is 0.923. The Morgan fingerprint density at radius 2 is 1.74 bits per heavy atom. The molecule has 0 aromatic carbocycles.